The number of carbonyl (C=O) groups excluding carboxylic acids is 1. The van der Waals surface area contributed by atoms with Crippen LogP contribution in [-0.4, -0.2) is 81.2 Å². The standard InChI is InChI=1S/C18H23N7O/c26-16(10-25-13-19-21-22-25)20-17-14-8-23-6-7-24(9-14)12-18(17,11-23)15-4-2-1-3-5-15/h1-5,13-14,17H,6-12H2,(H,20,26). The van der Waals surface area contributed by atoms with Gasteiger partial charge in [-0.05, 0) is 16.0 Å². The first-order valence-electron chi connectivity index (χ1n) is 9.23. The van der Waals surface area contributed by atoms with Crippen molar-refractivity contribution in [1.82, 2.24) is 35.3 Å². The van der Waals surface area contributed by atoms with Gasteiger partial charge in [0.15, 0.2) is 0 Å². The first kappa shape index (κ1) is 15.9. The summed E-state index contributed by atoms with van der Waals surface area (Å²) in [6.45, 7) is 6.52. The fourth-order valence-electron chi connectivity index (χ4n) is 5.19. The van der Waals surface area contributed by atoms with Gasteiger partial charge in [0, 0.05) is 56.6 Å². The molecular formula is C18H23N7O. The number of tetrazole rings is 1. The van der Waals surface area contributed by atoms with E-state index < -0.39 is 0 Å². The lowest BCUT2D eigenvalue weighted by atomic mass is 9.64. The van der Waals surface area contributed by atoms with Crippen LogP contribution >= 0.6 is 0 Å². The third-order valence-corrected chi connectivity index (χ3v) is 6.16. The Morgan fingerprint density at radius 2 is 1.88 bits per heavy atom. The van der Waals surface area contributed by atoms with Crippen LogP contribution in [0.15, 0.2) is 36.7 Å². The second-order valence-corrected chi connectivity index (χ2v) is 7.81. The van der Waals surface area contributed by atoms with Crippen molar-refractivity contribution >= 4 is 5.91 Å². The van der Waals surface area contributed by atoms with Crippen molar-refractivity contribution in [2.75, 3.05) is 39.3 Å². The summed E-state index contributed by atoms with van der Waals surface area (Å²) in [5.74, 6) is 0.423. The number of hydrogen-bond acceptors (Lipinski definition) is 6. The minimum atomic E-state index is -0.0603. The van der Waals surface area contributed by atoms with Gasteiger partial charge in [-0.1, -0.05) is 30.3 Å². The predicted molar refractivity (Wildman–Crippen MR) is 94.2 cm³/mol. The van der Waals surface area contributed by atoms with Crippen molar-refractivity contribution in [3.05, 3.63) is 42.2 Å². The second kappa shape index (κ2) is 6.14. The number of amides is 1. The monoisotopic (exact) mass is 353 g/mol. The molecule has 0 aliphatic carbocycles. The van der Waals surface area contributed by atoms with Crippen molar-refractivity contribution in [2.24, 2.45) is 5.92 Å². The van der Waals surface area contributed by atoms with E-state index in [1.165, 1.54) is 16.6 Å². The summed E-state index contributed by atoms with van der Waals surface area (Å²) in [5.41, 5.74) is 1.27. The third kappa shape index (κ3) is 2.60. The SMILES string of the molecule is O=C(Cn1cnnn1)NC1C2CN3CCN(C2)CC1(c1ccccc1)C3. The molecule has 3 unspecified atom stereocenters. The number of rotatable bonds is 4. The number of piperidine rings is 2. The summed E-state index contributed by atoms with van der Waals surface area (Å²) in [6.07, 6.45) is 1.48. The molecule has 26 heavy (non-hydrogen) atoms. The van der Waals surface area contributed by atoms with Gasteiger partial charge in [-0.15, -0.1) is 5.10 Å². The lowest BCUT2D eigenvalue weighted by Crippen LogP contribution is -2.70. The van der Waals surface area contributed by atoms with Gasteiger partial charge >= 0.3 is 0 Å². The largest absolute Gasteiger partial charge is 0.350 e. The molecule has 8 heteroatoms. The third-order valence-electron chi connectivity index (χ3n) is 6.16. The highest BCUT2D eigenvalue weighted by atomic mass is 16.2. The van der Waals surface area contributed by atoms with Gasteiger partial charge in [-0.25, -0.2) is 4.68 Å². The Balaban J connectivity index is 1.47. The molecule has 0 spiro atoms. The molecule has 4 saturated heterocycles. The molecule has 5 heterocycles. The number of nitrogens with zero attached hydrogens (tertiary/aromatic N) is 6. The van der Waals surface area contributed by atoms with Crippen LogP contribution in [-0.2, 0) is 16.8 Å². The number of fused-ring (bicyclic) bond motifs is 1. The summed E-state index contributed by atoms with van der Waals surface area (Å²) < 4.78 is 1.47. The maximum Gasteiger partial charge on any atom is 0.242 e. The van der Waals surface area contributed by atoms with Gasteiger partial charge in [0.2, 0.25) is 5.91 Å². The molecule has 8 nitrogen and oxygen atoms in total. The van der Waals surface area contributed by atoms with Gasteiger partial charge in [0.25, 0.3) is 0 Å². The van der Waals surface area contributed by atoms with E-state index in [9.17, 15) is 4.79 Å². The summed E-state index contributed by atoms with van der Waals surface area (Å²) >= 11 is 0. The quantitative estimate of drug-likeness (QED) is 0.788. The van der Waals surface area contributed by atoms with Crippen LogP contribution in [0.2, 0.25) is 0 Å². The molecule has 2 aromatic rings. The smallest absolute Gasteiger partial charge is 0.242 e. The van der Waals surface area contributed by atoms with Gasteiger partial charge < -0.3 is 15.1 Å². The molecule has 0 saturated carbocycles. The summed E-state index contributed by atoms with van der Waals surface area (Å²) in [5, 5.41) is 14.4. The second-order valence-electron chi connectivity index (χ2n) is 7.81. The fourth-order valence-corrected chi connectivity index (χ4v) is 5.19. The Hall–Kier alpha value is -2.32. The van der Waals surface area contributed by atoms with Crippen molar-refractivity contribution in [2.45, 2.75) is 18.0 Å². The van der Waals surface area contributed by atoms with Gasteiger partial charge in [0.05, 0.1) is 0 Å². The minimum absolute atomic E-state index is 0.0197. The van der Waals surface area contributed by atoms with E-state index in [4.69, 9.17) is 0 Å². The Labute approximate surface area is 152 Å². The van der Waals surface area contributed by atoms with Crippen LogP contribution in [0.25, 0.3) is 0 Å². The van der Waals surface area contributed by atoms with Crippen LogP contribution in [0, 0.1) is 5.92 Å². The Kier molecular flexibility index (Phi) is 3.75. The van der Waals surface area contributed by atoms with E-state index in [1.807, 2.05) is 0 Å². The van der Waals surface area contributed by atoms with E-state index in [1.54, 1.807) is 0 Å². The fraction of sp³-hybridized carbons (Fsp3) is 0.556. The number of aromatic nitrogens is 4. The molecule has 6 rings (SSSR count). The Morgan fingerprint density at radius 3 is 2.54 bits per heavy atom. The molecule has 4 aliphatic rings. The lowest BCUT2D eigenvalue weighted by Gasteiger charge is -2.55. The van der Waals surface area contributed by atoms with Crippen LogP contribution in [0.3, 0.4) is 0 Å². The van der Waals surface area contributed by atoms with Crippen molar-refractivity contribution in [1.29, 1.82) is 0 Å². The minimum Gasteiger partial charge on any atom is -0.350 e. The zero-order chi connectivity index (χ0) is 17.6. The summed E-state index contributed by atoms with van der Waals surface area (Å²) in [4.78, 5) is 17.9. The molecule has 4 aliphatic heterocycles. The number of carbonyl (C=O) groups is 1. The molecule has 136 valence electrons. The number of nitrogens with one attached hydrogen (secondary N) is 1. The highest BCUT2D eigenvalue weighted by molar-refractivity contribution is 5.76. The maximum atomic E-state index is 12.7. The first-order chi connectivity index (χ1) is 12.7. The molecule has 3 atom stereocenters. The van der Waals surface area contributed by atoms with Crippen molar-refractivity contribution < 1.29 is 4.79 Å². The Bertz CT molecular complexity index is 762. The molecule has 4 fully saturated rings. The molecule has 1 aromatic heterocycles. The lowest BCUT2D eigenvalue weighted by molar-refractivity contribution is -0.125. The van der Waals surface area contributed by atoms with Gasteiger partial charge in [0.1, 0.15) is 12.9 Å². The number of benzene rings is 1. The van der Waals surface area contributed by atoms with Crippen LogP contribution in [0.1, 0.15) is 5.56 Å². The molecule has 1 N–H and O–H groups in total. The van der Waals surface area contributed by atoms with Gasteiger partial charge in [-0.3, -0.25) is 4.79 Å². The van der Waals surface area contributed by atoms with Crippen molar-refractivity contribution in [3.63, 3.8) is 0 Å². The topological polar surface area (TPSA) is 79.2 Å². The first-order valence-corrected chi connectivity index (χ1v) is 9.23. The Morgan fingerprint density at radius 1 is 1.15 bits per heavy atom. The van der Waals surface area contributed by atoms with E-state index in [-0.39, 0.29) is 23.9 Å². The molecule has 0 radical (unpaired) electrons. The van der Waals surface area contributed by atoms with Crippen LogP contribution in [0.5, 0.6) is 0 Å². The highest BCUT2D eigenvalue weighted by Gasteiger charge is 2.55. The summed E-state index contributed by atoms with van der Waals surface area (Å²) in [6, 6.07) is 10.8. The van der Waals surface area contributed by atoms with E-state index in [0.29, 0.717) is 5.92 Å². The summed E-state index contributed by atoms with van der Waals surface area (Å²) in [7, 11) is 0. The number of hydrogen-bond donors (Lipinski definition) is 1. The normalized spacial score (nSPS) is 35.2. The van der Waals surface area contributed by atoms with E-state index >= 15 is 0 Å². The average molecular weight is 353 g/mol. The zero-order valence-corrected chi connectivity index (χ0v) is 14.7. The highest BCUT2D eigenvalue weighted by Crippen LogP contribution is 2.43. The average Bonchev–Trinajstić information content (AvgIpc) is 3.02. The predicted octanol–water partition coefficient (Wildman–Crippen LogP) is -0.643. The van der Waals surface area contributed by atoms with Crippen molar-refractivity contribution in [3.8, 4) is 0 Å². The van der Waals surface area contributed by atoms with Crippen LogP contribution < -0.4 is 5.32 Å². The van der Waals surface area contributed by atoms with E-state index in [2.05, 4.69) is 61.0 Å². The molecule has 4 bridgehead atoms. The molecule has 1 amide bonds. The zero-order valence-electron chi connectivity index (χ0n) is 14.7. The molecular weight excluding hydrogens is 330 g/mol. The van der Waals surface area contributed by atoms with Crippen LogP contribution in [0.4, 0.5) is 0 Å². The van der Waals surface area contributed by atoms with Gasteiger partial charge in [-0.2, -0.15) is 0 Å². The van der Waals surface area contributed by atoms with E-state index in [0.717, 1.165) is 39.3 Å². The molecule has 1 aromatic carbocycles. The maximum absolute atomic E-state index is 12.7.